The van der Waals surface area contributed by atoms with Crippen LogP contribution >= 0.6 is 7.82 Å². The molecule has 52 heavy (non-hydrogen) atoms. The minimum Gasteiger partial charge on any atom is -0.462 e. The number of ether oxygens (including phenoxy) is 2. The molecule has 0 aliphatic carbocycles. The van der Waals surface area contributed by atoms with Crippen molar-refractivity contribution in [3.63, 3.8) is 0 Å². The van der Waals surface area contributed by atoms with E-state index in [1.54, 1.807) is 0 Å². The average Bonchev–Trinajstić information content (AvgIpc) is 3.13. The van der Waals surface area contributed by atoms with Crippen molar-refractivity contribution in [2.45, 2.75) is 219 Å². The van der Waals surface area contributed by atoms with Gasteiger partial charge in [0, 0.05) is 19.4 Å². The summed E-state index contributed by atoms with van der Waals surface area (Å²) in [5, 5.41) is 0. The van der Waals surface area contributed by atoms with Crippen LogP contribution in [0.2, 0.25) is 0 Å². The highest BCUT2D eigenvalue weighted by molar-refractivity contribution is 7.47. The highest BCUT2D eigenvalue weighted by atomic mass is 31.2. The van der Waals surface area contributed by atoms with Crippen molar-refractivity contribution in [2.24, 2.45) is 5.73 Å². The predicted molar refractivity (Wildman–Crippen MR) is 215 cm³/mol. The van der Waals surface area contributed by atoms with Crippen LogP contribution in [-0.2, 0) is 32.7 Å². The van der Waals surface area contributed by atoms with Crippen molar-refractivity contribution in [2.75, 3.05) is 26.4 Å². The lowest BCUT2D eigenvalue weighted by molar-refractivity contribution is -0.161. The number of carbonyl (C=O) groups is 2. The lowest BCUT2D eigenvalue weighted by atomic mass is 10.0. The van der Waals surface area contributed by atoms with Gasteiger partial charge in [0.25, 0.3) is 0 Å². The van der Waals surface area contributed by atoms with E-state index in [0.717, 1.165) is 25.7 Å². The van der Waals surface area contributed by atoms with Gasteiger partial charge in [0.2, 0.25) is 0 Å². The molecular weight excluding hydrogens is 677 g/mol. The van der Waals surface area contributed by atoms with E-state index >= 15 is 0 Å². The lowest BCUT2D eigenvalue weighted by Gasteiger charge is -2.19. The second-order valence-corrected chi connectivity index (χ2v) is 16.0. The summed E-state index contributed by atoms with van der Waals surface area (Å²) in [6.07, 6.45) is 39.6. The summed E-state index contributed by atoms with van der Waals surface area (Å²) in [5.41, 5.74) is 5.34. The van der Waals surface area contributed by atoms with E-state index in [1.807, 2.05) is 6.08 Å². The number of hydrogen-bond donors (Lipinski definition) is 2. The maximum absolute atomic E-state index is 12.6. The molecule has 0 saturated heterocycles. The Bertz CT molecular complexity index is 871. The van der Waals surface area contributed by atoms with Gasteiger partial charge in [-0.15, -0.1) is 0 Å². The number of phosphoric acid groups is 1. The minimum atomic E-state index is -4.38. The van der Waals surface area contributed by atoms with Crippen molar-refractivity contribution < 1.29 is 37.6 Å². The van der Waals surface area contributed by atoms with E-state index < -0.39 is 32.5 Å². The van der Waals surface area contributed by atoms with Gasteiger partial charge in [-0.1, -0.05) is 187 Å². The van der Waals surface area contributed by atoms with Crippen LogP contribution in [0.4, 0.5) is 0 Å². The summed E-state index contributed by atoms with van der Waals surface area (Å²) in [4.78, 5) is 34.8. The molecule has 3 N–H and O–H groups in total. The topological polar surface area (TPSA) is 134 Å². The average molecular weight is 760 g/mol. The number of allylic oxidation sites excluding steroid dienone is 2. The fraction of sp³-hybridized carbons (Fsp3) is 0.905. The minimum absolute atomic E-state index is 0.0526. The molecule has 0 aliphatic rings. The number of esters is 2. The van der Waals surface area contributed by atoms with Crippen molar-refractivity contribution in [1.29, 1.82) is 0 Å². The third-order valence-corrected chi connectivity index (χ3v) is 10.4. The maximum atomic E-state index is 12.6. The fourth-order valence-corrected chi connectivity index (χ4v) is 6.95. The Morgan fingerprint density at radius 3 is 1.44 bits per heavy atom. The monoisotopic (exact) mass is 760 g/mol. The van der Waals surface area contributed by atoms with Gasteiger partial charge in [0.05, 0.1) is 13.2 Å². The molecule has 0 aliphatic heterocycles. The Balaban J connectivity index is 4.16. The van der Waals surface area contributed by atoms with Gasteiger partial charge in [-0.3, -0.25) is 18.6 Å². The largest absolute Gasteiger partial charge is 0.472 e. The quantitative estimate of drug-likeness (QED) is 0.0270. The van der Waals surface area contributed by atoms with Crippen LogP contribution in [0.1, 0.15) is 213 Å². The Labute approximate surface area is 319 Å². The molecule has 2 atom stereocenters. The van der Waals surface area contributed by atoms with Gasteiger partial charge in [-0.2, -0.15) is 0 Å². The van der Waals surface area contributed by atoms with Crippen molar-refractivity contribution >= 4 is 19.8 Å². The van der Waals surface area contributed by atoms with E-state index in [2.05, 4.69) is 19.9 Å². The summed E-state index contributed by atoms with van der Waals surface area (Å²) in [5.74, 6) is -0.874. The molecule has 308 valence electrons. The van der Waals surface area contributed by atoms with Crippen LogP contribution in [-0.4, -0.2) is 49.3 Å². The van der Waals surface area contributed by atoms with Gasteiger partial charge in [-0.25, -0.2) is 4.57 Å². The van der Waals surface area contributed by atoms with Crippen LogP contribution in [0.15, 0.2) is 12.2 Å². The van der Waals surface area contributed by atoms with Crippen LogP contribution < -0.4 is 5.73 Å². The summed E-state index contributed by atoms with van der Waals surface area (Å²) < 4.78 is 32.7. The number of unbranched alkanes of at least 4 members (excludes halogenated alkanes) is 26. The van der Waals surface area contributed by atoms with Crippen molar-refractivity contribution in [1.82, 2.24) is 0 Å². The molecule has 0 saturated carbocycles. The van der Waals surface area contributed by atoms with E-state index in [4.69, 9.17) is 24.3 Å². The molecule has 0 heterocycles. The molecule has 0 aromatic rings. The molecule has 0 radical (unpaired) electrons. The standard InChI is InChI=1S/C42H82NO8P/c1-3-5-7-9-11-13-15-17-19-21-23-25-27-29-31-33-35-42(45)51-40(39-50-52(46,47)49-37-36-43)38-48-41(44)34-32-30-28-26-24-22-20-18-16-14-12-10-8-6-4-2/h28,30,40H,3-27,29,31-39,43H2,1-2H3,(H,46,47). The van der Waals surface area contributed by atoms with Crippen LogP contribution in [0, 0.1) is 0 Å². The van der Waals surface area contributed by atoms with Gasteiger partial charge in [0.1, 0.15) is 6.61 Å². The Kier molecular flexibility index (Phi) is 38.5. The molecule has 0 rings (SSSR count). The molecule has 0 spiro atoms. The molecule has 0 aromatic carbocycles. The summed E-state index contributed by atoms with van der Waals surface area (Å²) in [6.45, 7) is 3.72. The number of hydrogen-bond acceptors (Lipinski definition) is 8. The highest BCUT2D eigenvalue weighted by Crippen LogP contribution is 2.43. The van der Waals surface area contributed by atoms with E-state index in [-0.39, 0.29) is 32.6 Å². The Hall–Kier alpha value is -1.25. The van der Waals surface area contributed by atoms with Crippen LogP contribution in [0.25, 0.3) is 0 Å². The third kappa shape index (κ3) is 38.5. The first-order valence-corrected chi connectivity index (χ1v) is 23.2. The first kappa shape index (κ1) is 50.8. The number of phosphoric ester groups is 1. The highest BCUT2D eigenvalue weighted by Gasteiger charge is 2.25. The molecule has 0 fully saturated rings. The molecule has 9 nitrogen and oxygen atoms in total. The van der Waals surface area contributed by atoms with Crippen molar-refractivity contribution in [3.05, 3.63) is 12.2 Å². The van der Waals surface area contributed by atoms with Crippen LogP contribution in [0.5, 0.6) is 0 Å². The lowest BCUT2D eigenvalue weighted by Crippen LogP contribution is -2.29. The number of carbonyl (C=O) groups excluding carboxylic acids is 2. The van der Waals surface area contributed by atoms with Gasteiger partial charge in [-0.05, 0) is 25.7 Å². The second-order valence-electron chi connectivity index (χ2n) is 14.6. The van der Waals surface area contributed by atoms with E-state index in [0.29, 0.717) is 12.8 Å². The van der Waals surface area contributed by atoms with Gasteiger partial charge < -0.3 is 20.1 Å². The zero-order chi connectivity index (χ0) is 38.2. The summed E-state index contributed by atoms with van der Waals surface area (Å²) >= 11 is 0. The SMILES string of the molecule is CCCCCCCCCCCCCC=CCCC(=O)OCC(COP(=O)(O)OCCN)OC(=O)CCCCCCCCCCCCCCCCCC. The summed E-state index contributed by atoms with van der Waals surface area (Å²) in [6, 6.07) is 0. The second kappa shape index (κ2) is 39.4. The molecule has 2 unspecified atom stereocenters. The molecule has 0 amide bonds. The zero-order valence-corrected chi connectivity index (χ0v) is 34.7. The molecule has 0 bridgehead atoms. The smallest absolute Gasteiger partial charge is 0.462 e. The molecular formula is C42H82NO8P. The first-order valence-electron chi connectivity index (χ1n) is 21.7. The first-order chi connectivity index (χ1) is 25.3. The molecule has 0 aromatic heterocycles. The Morgan fingerprint density at radius 1 is 0.558 bits per heavy atom. The number of rotatable bonds is 41. The molecule has 10 heteroatoms. The van der Waals surface area contributed by atoms with Crippen molar-refractivity contribution in [3.8, 4) is 0 Å². The zero-order valence-electron chi connectivity index (χ0n) is 33.8. The third-order valence-electron chi connectivity index (χ3n) is 9.41. The number of nitrogens with two attached hydrogens (primary N) is 1. The predicted octanol–water partition coefficient (Wildman–Crippen LogP) is 12.2. The van der Waals surface area contributed by atoms with E-state index in [9.17, 15) is 19.0 Å². The van der Waals surface area contributed by atoms with Crippen LogP contribution in [0.3, 0.4) is 0 Å². The van der Waals surface area contributed by atoms with Gasteiger partial charge in [0.15, 0.2) is 6.10 Å². The normalized spacial score (nSPS) is 13.4. The maximum Gasteiger partial charge on any atom is 0.472 e. The van der Waals surface area contributed by atoms with E-state index in [1.165, 1.54) is 148 Å². The summed E-state index contributed by atoms with van der Waals surface area (Å²) in [7, 11) is -4.38. The van der Waals surface area contributed by atoms with Gasteiger partial charge >= 0.3 is 19.8 Å². The fourth-order valence-electron chi connectivity index (χ4n) is 6.18. The Morgan fingerprint density at radius 2 is 0.981 bits per heavy atom.